The second-order valence-corrected chi connectivity index (χ2v) is 6.18. The Morgan fingerprint density at radius 2 is 2.10 bits per heavy atom. The molecule has 0 saturated heterocycles. The normalized spacial score (nSPS) is 12.7. The molecule has 2 aromatic rings. The van der Waals surface area contributed by atoms with Gasteiger partial charge in [0.05, 0.1) is 11.7 Å². The molecule has 0 spiro atoms. The van der Waals surface area contributed by atoms with Crippen molar-refractivity contribution in [2.75, 3.05) is 6.54 Å². The van der Waals surface area contributed by atoms with Gasteiger partial charge in [-0.2, -0.15) is 5.10 Å². The zero-order valence-corrected chi connectivity index (χ0v) is 14.5. The van der Waals surface area contributed by atoms with Gasteiger partial charge in [0.25, 0.3) is 0 Å². The summed E-state index contributed by atoms with van der Waals surface area (Å²) in [6.07, 6.45) is 0.991. The van der Waals surface area contributed by atoms with Crippen LogP contribution >= 0.6 is 15.9 Å². The van der Waals surface area contributed by atoms with E-state index in [4.69, 9.17) is 0 Å². The zero-order valence-electron chi connectivity index (χ0n) is 12.9. The molecule has 0 aliphatic heterocycles. The van der Waals surface area contributed by atoms with Crippen molar-refractivity contribution in [1.82, 2.24) is 15.1 Å². The molecule has 0 aliphatic rings. The Morgan fingerprint density at radius 3 is 2.67 bits per heavy atom. The van der Waals surface area contributed by atoms with Gasteiger partial charge in [-0.3, -0.25) is 4.68 Å². The molecule has 1 N–H and O–H groups in total. The molecule has 1 aromatic heterocycles. The highest BCUT2D eigenvalue weighted by atomic mass is 79.9. The summed E-state index contributed by atoms with van der Waals surface area (Å²) in [7, 11) is 1.92. The molecule has 1 unspecified atom stereocenters. The summed E-state index contributed by atoms with van der Waals surface area (Å²) in [5.41, 5.74) is 3.70. The first kappa shape index (κ1) is 16.2. The lowest BCUT2D eigenvalue weighted by molar-refractivity contribution is 0.543. The maximum atomic E-state index is 14.3. The van der Waals surface area contributed by atoms with Crippen molar-refractivity contribution < 1.29 is 4.39 Å². The van der Waals surface area contributed by atoms with Crippen LogP contribution in [-0.4, -0.2) is 16.3 Å². The summed E-state index contributed by atoms with van der Waals surface area (Å²) in [6.45, 7) is 6.92. The predicted octanol–water partition coefficient (Wildman–Crippen LogP) is 4.03. The second kappa shape index (κ2) is 6.71. The maximum absolute atomic E-state index is 14.3. The lowest BCUT2D eigenvalue weighted by Gasteiger charge is -2.21. The molecule has 1 aromatic carbocycles. The summed E-state index contributed by atoms with van der Waals surface area (Å²) in [4.78, 5) is 0. The van der Waals surface area contributed by atoms with Gasteiger partial charge >= 0.3 is 0 Å². The first-order valence-electron chi connectivity index (χ1n) is 7.14. The number of hydrogen-bond donors (Lipinski definition) is 1. The first-order chi connectivity index (χ1) is 9.95. The van der Waals surface area contributed by atoms with Crippen molar-refractivity contribution in [2.24, 2.45) is 7.05 Å². The molecule has 0 amide bonds. The quantitative estimate of drug-likeness (QED) is 0.879. The van der Waals surface area contributed by atoms with Gasteiger partial charge in [0, 0.05) is 28.3 Å². The van der Waals surface area contributed by atoms with Gasteiger partial charge in [-0.05, 0) is 45.0 Å². The van der Waals surface area contributed by atoms with Crippen LogP contribution in [0, 0.1) is 19.7 Å². The van der Waals surface area contributed by atoms with E-state index in [1.165, 1.54) is 6.07 Å². The Hall–Kier alpha value is -1.20. The Kier molecular flexibility index (Phi) is 5.17. The smallest absolute Gasteiger partial charge is 0.128 e. The van der Waals surface area contributed by atoms with E-state index in [1.54, 1.807) is 6.07 Å². The third kappa shape index (κ3) is 3.35. The molecule has 1 atom stereocenters. The standard InChI is InChI=1S/C16H21BrFN3/c1-5-8-19-16(13-9-12(17)6-7-14(13)18)15-10(2)20-21(4)11(15)3/h6-7,9,16,19H,5,8H2,1-4H3. The van der Waals surface area contributed by atoms with E-state index in [9.17, 15) is 4.39 Å². The van der Waals surface area contributed by atoms with Crippen molar-refractivity contribution in [1.29, 1.82) is 0 Å². The van der Waals surface area contributed by atoms with Crippen LogP contribution in [0.15, 0.2) is 22.7 Å². The fraction of sp³-hybridized carbons (Fsp3) is 0.438. The van der Waals surface area contributed by atoms with Crippen LogP contribution in [0.4, 0.5) is 4.39 Å². The third-order valence-electron chi connectivity index (χ3n) is 3.72. The van der Waals surface area contributed by atoms with E-state index in [1.807, 2.05) is 31.6 Å². The number of halogens is 2. The molecule has 0 fully saturated rings. The van der Waals surface area contributed by atoms with Crippen molar-refractivity contribution >= 4 is 15.9 Å². The summed E-state index contributed by atoms with van der Waals surface area (Å²) < 4.78 is 17.0. The molecule has 21 heavy (non-hydrogen) atoms. The number of nitrogens with one attached hydrogen (secondary N) is 1. The van der Waals surface area contributed by atoms with Crippen LogP contribution in [0.3, 0.4) is 0 Å². The summed E-state index contributed by atoms with van der Waals surface area (Å²) in [5.74, 6) is -0.200. The fourth-order valence-electron chi connectivity index (χ4n) is 2.60. The van der Waals surface area contributed by atoms with E-state index in [0.29, 0.717) is 5.56 Å². The molecule has 114 valence electrons. The minimum atomic E-state index is -0.200. The maximum Gasteiger partial charge on any atom is 0.128 e. The average Bonchev–Trinajstić information content (AvgIpc) is 2.69. The van der Waals surface area contributed by atoms with Gasteiger partial charge in [0.2, 0.25) is 0 Å². The predicted molar refractivity (Wildman–Crippen MR) is 86.9 cm³/mol. The molecule has 5 heteroatoms. The molecule has 0 radical (unpaired) electrons. The highest BCUT2D eigenvalue weighted by Crippen LogP contribution is 2.30. The Bertz CT molecular complexity index is 637. The van der Waals surface area contributed by atoms with Crippen molar-refractivity contribution in [3.8, 4) is 0 Å². The number of rotatable bonds is 5. The molecule has 0 saturated carbocycles. The molecule has 1 heterocycles. The van der Waals surface area contributed by atoms with Gasteiger partial charge in [0.15, 0.2) is 0 Å². The molecule has 0 bridgehead atoms. The molecular weight excluding hydrogens is 333 g/mol. The fourth-order valence-corrected chi connectivity index (χ4v) is 2.98. The Balaban J connectivity index is 2.55. The van der Waals surface area contributed by atoms with E-state index < -0.39 is 0 Å². The SMILES string of the molecule is CCCNC(c1cc(Br)ccc1F)c1c(C)nn(C)c1C. The Morgan fingerprint density at radius 1 is 1.38 bits per heavy atom. The second-order valence-electron chi connectivity index (χ2n) is 5.26. The number of hydrogen-bond acceptors (Lipinski definition) is 2. The highest BCUT2D eigenvalue weighted by Gasteiger charge is 2.24. The number of aromatic nitrogens is 2. The van der Waals surface area contributed by atoms with Crippen molar-refractivity contribution in [3.05, 3.63) is 51.0 Å². The first-order valence-corrected chi connectivity index (χ1v) is 7.93. The van der Waals surface area contributed by atoms with Crippen LogP contribution < -0.4 is 5.32 Å². The number of aryl methyl sites for hydroxylation is 2. The topological polar surface area (TPSA) is 29.9 Å². The van der Waals surface area contributed by atoms with Gasteiger partial charge in [-0.15, -0.1) is 0 Å². The molecule has 2 rings (SSSR count). The van der Waals surface area contributed by atoms with Crippen LogP contribution in [0.25, 0.3) is 0 Å². The minimum Gasteiger partial charge on any atom is -0.306 e. The largest absolute Gasteiger partial charge is 0.306 e. The van der Waals surface area contributed by atoms with Gasteiger partial charge < -0.3 is 5.32 Å². The number of nitrogens with zero attached hydrogens (tertiary/aromatic N) is 2. The van der Waals surface area contributed by atoms with E-state index in [2.05, 4.69) is 33.3 Å². The molecule has 0 aliphatic carbocycles. The summed E-state index contributed by atoms with van der Waals surface area (Å²) in [5, 5.41) is 7.91. The number of benzene rings is 1. The van der Waals surface area contributed by atoms with Gasteiger partial charge in [0.1, 0.15) is 5.82 Å². The third-order valence-corrected chi connectivity index (χ3v) is 4.21. The lowest BCUT2D eigenvalue weighted by Crippen LogP contribution is -2.25. The van der Waals surface area contributed by atoms with Crippen LogP contribution in [-0.2, 0) is 7.05 Å². The summed E-state index contributed by atoms with van der Waals surface area (Å²) >= 11 is 3.43. The van der Waals surface area contributed by atoms with Crippen molar-refractivity contribution in [3.63, 3.8) is 0 Å². The lowest BCUT2D eigenvalue weighted by atomic mass is 9.96. The van der Waals surface area contributed by atoms with E-state index in [-0.39, 0.29) is 11.9 Å². The zero-order chi connectivity index (χ0) is 15.6. The molecular formula is C16H21BrFN3. The monoisotopic (exact) mass is 353 g/mol. The van der Waals surface area contributed by atoms with Gasteiger partial charge in [-0.25, -0.2) is 4.39 Å². The minimum absolute atomic E-state index is 0.184. The summed E-state index contributed by atoms with van der Waals surface area (Å²) in [6, 6.07) is 4.88. The highest BCUT2D eigenvalue weighted by molar-refractivity contribution is 9.10. The molecule has 3 nitrogen and oxygen atoms in total. The van der Waals surface area contributed by atoms with E-state index in [0.717, 1.165) is 34.4 Å². The average molecular weight is 354 g/mol. The van der Waals surface area contributed by atoms with Crippen LogP contribution in [0.5, 0.6) is 0 Å². The van der Waals surface area contributed by atoms with Gasteiger partial charge in [-0.1, -0.05) is 22.9 Å². The van der Waals surface area contributed by atoms with Crippen LogP contribution in [0.2, 0.25) is 0 Å². The van der Waals surface area contributed by atoms with Crippen LogP contribution in [0.1, 0.15) is 41.9 Å². The Labute approximate surface area is 133 Å². The van der Waals surface area contributed by atoms with Crippen molar-refractivity contribution in [2.45, 2.75) is 33.2 Å². The van der Waals surface area contributed by atoms with E-state index >= 15 is 0 Å².